The normalized spacial score (nSPS) is 16.9. The zero-order valence-electron chi connectivity index (χ0n) is 11.9. The van der Waals surface area contributed by atoms with Gasteiger partial charge in [-0.05, 0) is 30.5 Å². The zero-order valence-corrected chi connectivity index (χ0v) is 11.9. The number of hydrogen-bond donors (Lipinski definition) is 1. The average Bonchev–Trinajstić information content (AvgIpc) is 2.97. The Morgan fingerprint density at radius 2 is 2.15 bits per heavy atom. The molecule has 110 valence electrons. The van der Waals surface area contributed by atoms with Crippen molar-refractivity contribution < 1.29 is 19.4 Å². The summed E-state index contributed by atoms with van der Waals surface area (Å²) in [5.74, 6) is 1.73. The number of carbonyl (C=O) groups is 1. The van der Waals surface area contributed by atoms with E-state index in [1.807, 2.05) is 0 Å². The largest absolute Gasteiger partial charge is 0.497 e. The zero-order chi connectivity index (χ0) is 14.4. The van der Waals surface area contributed by atoms with Crippen LogP contribution < -0.4 is 9.47 Å². The van der Waals surface area contributed by atoms with E-state index in [0.29, 0.717) is 23.0 Å². The van der Waals surface area contributed by atoms with Gasteiger partial charge >= 0.3 is 0 Å². The van der Waals surface area contributed by atoms with Crippen molar-refractivity contribution in [2.45, 2.75) is 38.2 Å². The van der Waals surface area contributed by atoms with Crippen LogP contribution in [-0.4, -0.2) is 31.2 Å². The van der Waals surface area contributed by atoms with Gasteiger partial charge in [0, 0.05) is 0 Å². The molecule has 0 heterocycles. The summed E-state index contributed by atoms with van der Waals surface area (Å²) in [6.07, 6.45) is 6.00. The van der Waals surface area contributed by atoms with E-state index in [9.17, 15) is 9.90 Å². The minimum atomic E-state index is -0.472. The van der Waals surface area contributed by atoms with Gasteiger partial charge in [-0.3, -0.25) is 4.79 Å². The lowest BCUT2D eigenvalue weighted by Gasteiger charge is -2.17. The van der Waals surface area contributed by atoms with Crippen LogP contribution in [0.2, 0.25) is 0 Å². The number of carbonyl (C=O) groups excluding carboxylic acids is 1. The second kappa shape index (κ2) is 7.29. The summed E-state index contributed by atoms with van der Waals surface area (Å²) < 4.78 is 10.6. The minimum absolute atomic E-state index is 0.226. The maximum absolute atomic E-state index is 11.0. The van der Waals surface area contributed by atoms with Crippen molar-refractivity contribution in [1.82, 2.24) is 0 Å². The van der Waals surface area contributed by atoms with E-state index in [1.54, 1.807) is 25.3 Å². The highest BCUT2D eigenvalue weighted by atomic mass is 16.5. The fraction of sp³-hybridized carbons (Fsp3) is 0.562. The van der Waals surface area contributed by atoms with E-state index in [0.717, 1.165) is 12.7 Å². The van der Waals surface area contributed by atoms with Gasteiger partial charge in [-0.2, -0.15) is 0 Å². The van der Waals surface area contributed by atoms with E-state index in [2.05, 4.69) is 0 Å². The van der Waals surface area contributed by atoms with E-state index in [-0.39, 0.29) is 6.61 Å². The number of benzene rings is 1. The highest BCUT2D eigenvalue weighted by Gasteiger charge is 2.19. The van der Waals surface area contributed by atoms with Crippen molar-refractivity contribution in [2.75, 3.05) is 13.7 Å². The van der Waals surface area contributed by atoms with E-state index in [4.69, 9.17) is 9.47 Å². The van der Waals surface area contributed by atoms with Crippen LogP contribution in [0.1, 0.15) is 42.5 Å². The van der Waals surface area contributed by atoms with Crippen molar-refractivity contribution in [1.29, 1.82) is 0 Å². The molecule has 1 aliphatic carbocycles. The van der Waals surface area contributed by atoms with Gasteiger partial charge in [-0.15, -0.1) is 0 Å². The molecule has 1 unspecified atom stereocenters. The lowest BCUT2D eigenvalue weighted by molar-refractivity contribution is 0.0845. The molecule has 4 heteroatoms. The lowest BCUT2D eigenvalue weighted by atomic mass is 10.0. The van der Waals surface area contributed by atoms with Gasteiger partial charge in [0.25, 0.3) is 0 Å². The van der Waals surface area contributed by atoms with Crippen LogP contribution in [0, 0.1) is 5.92 Å². The fourth-order valence-electron chi connectivity index (χ4n) is 2.76. The van der Waals surface area contributed by atoms with E-state index >= 15 is 0 Å². The van der Waals surface area contributed by atoms with Crippen LogP contribution in [0.3, 0.4) is 0 Å². The number of aliphatic hydroxyl groups excluding tert-OH is 1. The van der Waals surface area contributed by atoms with Gasteiger partial charge < -0.3 is 14.6 Å². The standard InChI is InChI=1S/C16H22O4/c1-19-15-6-7-16(13(9-15)10-17)20-11-14(18)8-12-4-2-3-5-12/h6-7,9-10,12,14,18H,2-5,8,11H2,1H3. The van der Waals surface area contributed by atoms with Crippen molar-refractivity contribution in [2.24, 2.45) is 5.92 Å². The molecule has 1 aliphatic rings. The topological polar surface area (TPSA) is 55.8 Å². The maximum atomic E-state index is 11.0. The number of aliphatic hydroxyl groups is 1. The van der Waals surface area contributed by atoms with E-state index < -0.39 is 6.10 Å². The molecule has 0 spiro atoms. The third-order valence-corrected chi connectivity index (χ3v) is 3.86. The summed E-state index contributed by atoms with van der Waals surface area (Å²) >= 11 is 0. The summed E-state index contributed by atoms with van der Waals surface area (Å²) in [4.78, 5) is 11.0. The molecule has 1 atom stereocenters. The Morgan fingerprint density at radius 1 is 1.40 bits per heavy atom. The fourth-order valence-corrected chi connectivity index (χ4v) is 2.76. The molecule has 20 heavy (non-hydrogen) atoms. The molecular weight excluding hydrogens is 256 g/mol. The van der Waals surface area contributed by atoms with Gasteiger partial charge in [0.15, 0.2) is 6.29 Å². The van der Waals surface area contributed by atoms with Gasteiger partial charge in [0.1, 0.15) is 18.1 Å². The molecule has 0 bridgehead atoms. The first kappa shape index (κ1) is 14.9. The predicted molar refractivity (Wildman–Crippen MR) is 76.5 cm³/mol. The van der Waals surface area contributed by atoms with Crippen LogP contribution in [0.15, 0.2) is 18.2 Å². The quantitative estimate of drug-likeness (QED) is 0.779. The molecule has 0 saturated heterocycles. The first-order valence-electron chi connectivity index (χ1n) is 7.17. The Labute approximate surface area is 119 Å². The first-order valence-corrected chi connectivity index (χ1v) is 7.17. The molecule has 1 N–H and O–H groups in total. The maximum Gasteiger partial charge on any atom is 0.153 e. The molecule has 1 aromatic carbocycles. The molecule has 0 aliphatic heterocycles. The van der Waals surface area contributed by atoms with Gasteiger partial charge in [-0.1, -0.05) is 25.7 Å². The van der Waals surface area contributed by atoms with Gasteiger partial charge in [0.05, 0.1) is 18.8 Å². The van der Waals surface area contributed by atoms with Crippen molar-refractivity contribution in [3.63, 3.8) is 0 Å². The molecule has 1 aromatic rings. The highest BCUT2D eigenvalue weighted by molar-refractivity contribution is 5.80. The Bertz CT molecular complexity index is 438. The van der Waals surface area contributed by atoms with Gasteiger partial charge in [-0.25, -0.2) is 0 Å². The van der Waals surface area contributed by atoms with Crippen molar-refractivity contribution in [3.8, 4) is 11.5 Å². The highest BCUT2D eigenvalue weighted by Crippen LogP contribution is 2.29. The average molecular weight is 278 g/mol. The summed E-state index contributed by atoms with van der Waals surface area (Å²) in [6.45, 7) is 0.226. The molecule has 4 nitrogen and oxygen atoms in total. The number of hydrogen-bond acceptors (Lipinski definition) is 4. The number of methoxy groups -OCH3 is 1. The van der Waals surface area contributed by atoms with E-state index in [1.165, 1.54) is 25.7 Å². The molecule has 0 radical (unpaired) electrons. The minimum Gasteiger partial charge on any atom is -0.497 e. The van der Waals surface area contributed by atoms with Crippen molar-refractivity contribution >= 4 is 6.29 Å². The smallest absolute Gasteiger partial charge is 0.153 e. The third-order valence-electron chi connectivity index (χ3n) is 3.86. The Morgan fingerprint density at radius 3 is 2.80 bits per heavy atom. The molecule has 0 amide bonds. The molecular formula is C16H22O4. The number of rotatable bonds is 7. The second-order valence-electron chi connectivity index (χ2n) is 5.37. The SMILES string of the molecule is COc1ccc(OCC(O)CC2CCCC2)c(C=O)c1. The summed E-state index contributed by atoms with van der Waals surface area (Å²) in [7, 11) is 1.55. The Balaban J connectivity index is 1.87. The molecule has 1 fully saturated rings. The Hall–Kier alpha value is -1.55. The monoisotopic (exact) mass is 278 g/mol. The van der Waals surface area contributed by atoms with Crippen LogP contribution in [-0.2, 0) is 0 Å². The van der Waals surface area contributed by atoms with Crippen molar-refractivity contribution in [3.05, 3.63) is 23.8 Å². The number of ether oxygens (including phenoxy) is 2. The summed E-state index contributed by atoms with van der Waals surface area (Å²) in [6, 6.07) is 5.07. The van der Waals surface area contributed by atoms with Crippen LogP contribution >= 0.6 is 0 Å². The van der Waals surface area contributed by atoms with Gasteiger partial charge in [0.2, 0.25) is 0 Å². The van der Waals surface area contributed by atoms with Crippen LogP contribution in [0.4, 0.5) is 0 Å². The molecule has 0 aromatic heterocycles. The third kappa shape index (κ3) is 3.97. The first-order chi connectivity index (χ1) is 9.72. The van der Waals surface area contributed by atoms with Crippen LogP contribution in [0.25, 0.3) is 0 Å². The summed E-state index contributed by atoms with van der Waals surface area (Å²) in [5.41, 5.74) is 0.442. The lowest BCUT2D eigenvalue weighted by Crippen LogP contribution is -2.20. The van der Waals surface area contributed by atoms with Crippen LogP contribution in [0.5, 0.6) is 11.5 Å². The molecule has 2 rings (SSSR count). The molecule has 1 saturated carbocycles. The Kier molecular flexibility index (Phi) is 5.41. The predicted octanol–water partition coefficient (Wildman–Crippen LogP) is 2.83. The number of aldehydes is 1. The second-order valence-corrected chi connectivity index (χ2v) is 5.37. The summed E-state index contributed by atoms with van der Waals surface area (Å²) in [5, 5.41) is 10.00.